The molecule has 98 valence electrons. The summed E-state index contributed by atoms with van der Waals surface area (Å²) in [7, 11) is -5.79. The molecule has 17 heavy (non-hydrogen) atoms. The molecule has 1 unspecified atom stereocenters. The molecule has 0 fully saturated rings. The van der Waals surface area contributed by atoms with Crippen molar-refractivity contribution in [2.24, 2.45) is 0 Å². The number of hydrogen-bond acceptors (Lipinski definition) is 3. The van der Waals surface area contributed by atoms with Crippen LogP contribution in [-0.4, -0.2) is 35.2 Å². The third-order valence-electron chi connectivity index (χ3n) is 1.72. The summed E-state index contributed by atoms with van der Waals surface area (Å²) in [6, 6.07) is 0. The van der Waals surface area contributed by atoms with Gasteiger partial charge in [0.15, 0.2) is 8.32 Å². The van der Waals surface area contributed by atoms with Crippen molar-refractivity contribution in [3.05, 3.63) is 24.6 Å². The minimum Gasteiger partial charge on any atom is -0.437 e. The van der Waals surface area contributed by atoms with Gasteiger partial charge in [0, 0.05) is 0 Å². The summed E-state index contributed by atoms with van der Waals surface area (Å²) in [6.07, 6.45) is 0. The van der Waals surface area contributed by atoms with Crippen LogP contribution in [0.25, 0.3) is 0 Å². The molecule has 0 amide bonds. The highest BCUT2D eigenvalue weighted by Crippen LogP contribution is 2.21. The maximum atomic E-state index is 6.16. The Labute approximate surface area is 111 Å². The SMILES string of the molecule is C=C[Si]O[Si](C)(C=C)O[Si](C)(C)O[Si](C)(C)C. The van der Waals surface area contributed by atoms with E-state index in [1.807, 2.05) is 12.2 Å². The monoisotopic (exact) mass is 304 g/mol. The minimum atomic E-state index is -2.32. The van der Waals surface area contributed by atoms with E-state index in [9.17, 15) is 0 Å². The van der Waals surface area contributed by atoms with Crippen molar-refractivity contribution in [1.82, 2.24) is 0 Å². The Morgan fingerprint density at radius 2 is 1.47 bits per heavy atom. The van der Waals surface area contributed by atoms with Crippen LogP contribution in [0.15, 0.2) is 24.6 Å². The summed E-state index contributed by atoms with van der Waals surface area (Å²) >= 11 is 0. The second-order valence-electron chi connectivity index (χ2n) is 5.36. The van der Waals surface area contributed by atoms with Gasteiger partial charge < -0.3 is 12.3 Å². The van der Waals surface area contributed by atoms with Crippen molar-refractivity contribution >= 4 is 35.2 Å². The molecule has 0 N–H and O–H groups in total. The zero-order valence-corrected chi connectivity index (χ0v) is 15.8. The Morgan fingerprint density at radius 1 is 0.941 bits per heavy atom. The smallest absolute Gasteiger partial charge is 0.342 e. The van der Waals surface area contributed by atoms with Gasteiger partial charge in [-0.15, -0.1) is 13.2 Å². The largest absolute Gasteiger partial charge is 0.437 e. The normalized spacial score (nSPS) is 16.4. The number of rotatable bonds is 8. The predicted molar refractivity (Wildman–Crippen MR) is 81.8 cm³/mol. The van der Waals surface area contributed by atoms with E-state index in [1.54, 1.807) is 5.70 Å². The van der Waals surface area contributed by atoms with Gasteiger partial charge in [-0.1, -0.05) is 11.4 Å². The third kappa shape index (κ3) is 8.03. The van der Waals surface area contributed by atoms with Gasteiger partial charge in [-0.3, -0.25) is 0 Å². The number of hydrogen-bond donors (Lipinski definition) is 0. The van der Waals surface area contributed by atoms with Crippen LogP contribution in [0.3, 0.4) is 0 Å². The van der Waals surface area contributed by atoms with Gasteiger partial charge in [0.05, 0.1) is 0 Å². The third-order valence-corrected chi connectivity index (χ3v) is 12.7. The molecule has 0 aliphatic carbocycles. The molecule has 0 saturated heterocycles. The van der Waals surface area contributed by atoms with Gasteiger partial charge in [-0.05, 0) is 39.3 Å². The van der Waals surface area contributed by atoms with Gasteiger partial charge in [0.25, 0.3) is 0 Å². The van der Waals surface area contributed by atoms with E-state index in [0.29, 0.717) is 0 Å². The van der Waals surface area contributed by atoms with Gasteiger partial charge in [-0.25, -0.2) is 0 Å². The Kier molecular flexibility index (Phi) is 6.50. The van der Waals surface area contributed by atoms with Crippen LogP contribution in [0.1, 0.15) is 0 Å². The highest BCUT2D eigenvalue weighted by Gasteiger charge is 2.40. The van der Waals surface area contributed by atoms with Crippen LogP contribution < -0.4 is 0 Å². The fourth-order valence-electron chi connectivity index (χ4n) is 1.51. The summed E-state index contributed by atoms with van der Waals surface area (Å²) in [4.78, 5) is 0. The molecule has 1 atom stereocenters. The van der Waals surface area contributed by atoms with Gasteiger partial charge >= 0.3 is 17.1 Å². The molecule has 0 aromatic carbocycles. The quantitative estimate of drug-likeness (QED) is 0.645. The molecule has 0 heterocycles. The van der Waals surface area contributed by atoms with Crippen molar-refractivity contribution in [3.8, 4) is 0 Å². The van der Waals surface area contributed by atoms with Gasteiger partial charge in [-0.2, -0.15) is 0 Å². The molecular formula is C10H24O3Si4. The van der Waals surface area contributed by atoms with Gasteiger partial charge in [0.2, 0.25) is 9.76 Å². The van der Waals surface area contributed by atoms with Crippen LogP contribution in [0.2, 0.25) is 39.3 Å². The van der Waals surface area contributed by atoms with Crippen LogP contribution in [-0.2, 0) is 12.3 Å². The standard InChI is InChI=1S/C10H24O3Si4/c1-9-14-11-17(8,10-2)13-16(6,7)12-15(3,4)5/h9-10H,1-2H2,3-8H3. The van der Waals surface area contributed by atoms with Crippen molar-refractivity contribution < 1.29 is 12.3 Å². The summed E-state index contributed by atoms with van der Waals surface area (Å²) < 4.78 is 18.1. The molecule has 2 radical (unpaired) electrons. The summed E-state index contributed by atoms with van der Waals surface area (Å²) in [5, 5.41) is 0. The summed E-state index contributed by atoms with van der Waals surface area (Å²) in [5.41, 5.74) is 3.57. The molecule has 7 heteroatoms. The zero-order valence-electron chi connectivity index (χ0n) is 11.8. The molecule has 0 rings (SSSR count). The summed E-state index contributed by atoms with van der Waals surface area (Å²) in [6.45, 7) is 20.1. The molecule has 0 aliphatic heterocycles. The first-order valence-corrected chi connectivity index (χ1v) is 15.2. The molecule has 0 aromatic heterocycles. The molecule has 0 spiro atoms. The lowest BCUT2D eigenvalue weighted by Crippen LogP contribution is -2.53. The first kappa shape index (κ1) is 17.2. The molecule has 0 aliphatic rings. The van der Waals surface area contributed by atoms with Crippen molar-refractivity contribution in [1.29, 1.82) is 0 Å². The van der Waals surface area contributed by atoms with E-state index >= 15 is 0 Å². The zero-order chi connectivity index (χ0) is 13.7. The van der Waals surface area contributed by atoms with Crippen LogP contribution in [0.5, 0.6) is 0 Å². The van der Waals surface area contributed by atoms with E-state index in [-0.39, 0.29) is 9.76 Å². The molecular weight excluding hydrogens is 280 g/mol. The van der Waals surface area contributed by atoms with Crippen LogP contribution in [0, 0.1) is 0 Å². The fraction of sp³-hybridized carbons (Fsp3) is 0.600. The predicted octanol–water partition coefficient (Wildman–Crippen LogP) is 3.13. The lowest BCUT2D eigenvalue weighted by molar-refractivity contribution is 0.344. The average molecular weight is 305 g/mol. The van der Waals surface area contributed by atoms with Gasteiger partial charge in [0.1, 0.15) is 0 Å². The van der Waals surface area contributed by atoms with Crippen molar-refractivity contribution in [2.45, 2.75) is 39.3 Å². The second-order valence-corrected chi connectivity index (χ2v) is 17.9. The highest BCUT2D eigenvalue weighted by molar-refractivity contribution is 6.88. The maximum Gasteiger partial charge on any atom is 0.342 e. The minimum absolute atomic E-state index is 0.254. The van der Waals surface area contributed by atoms with E-state index < -0.39 is 25.4 Å². The Balaban J connectivity index is 4.64. The fourth-order valence-corrected chi connectivity index (χ4v) is 14.3. The highest BCUT2D eigenvalue weighted by atomic mass is 28.5. The lowest BCUT2D eigenvalue weighted by atomic mass is 11.3. The maximum absolute atomic E-state index is 6.16. The first-order chi connectivity index (χ1) is 7.54. The molecule has 0 aromatic rings. The van der Waals surface area contributed by atoms with Crippen molar-refractivity contribution in [3.63, 3.8) is 0 Å². The Bertz CT molecular complexity index is 275. The second kappa shape index (κ2) is 6.41. The lowest BCUT2D eigenvalue weighted by Gasteiger charge is -2.36. The van der Waals surface area contributed by atoms with Crippen molar-refractivity contribution in [2.75, 3.05) is 0 Å². The molecule has 0 saturated carbocycles. The first-order valence-electron chi connectivity index (χ1n) is 5.62. The van der Waals surface area contributed by atoms with Crippen LogP contribution in [0.4, 0.5) is 0 Å². The van der Waals surface area contributed by atoms with E-state index in [0.717, 1.165) is 0 Å². The Hall–Kier alpha value is 0.228. The average Bonchev–Trinajstić information content (AvgIpc) is 2.10. The molecule has 0 bridgehead atoms. The Morgan fingerprint density at radius 3 is 1.82 bits per heavy atom. The van der Waals surface area contributed by atoms with E-state index in [2.05, 4.69) is 45.9 Å². The topological polar surface area (TPSA) is 27.7 Å². The van der Waals surface area contributed by atoms with E-state index in [4.69, 9.17) is 12.3 Å². The summed E-state index contributed by atoms with van der Waals surface area (Å²) in [5.74, 6) is 0. The van der Waals surface area contributed by atoms with E-state index in [1.165, 1.54) is 0 Å². The molecule has 3 nitrogen and oxygen atoms in total. The van der Waals surface area contributed by atoms with Crippen LogP contribution >= 0.6 is 0 Å².